The van der Waals surface area contributed by atoms with Crippen LogP contribution in [-0.4, -0.2) is 15.2 Å². The Morgan fingerprint density at radius 1 is 1.33 bits per heavy atom. The van der Waals surface area contributed by atoms with Gasteiger partial charge in [0, 0.05) is 11.4 Å². The summed E-state index contributed by atoms with van der Waals surface area (Å²) in [5.74, 6) is 0. The van der Waals surface area contributed by atoms with Crippen molar-refractivity contribution in [1.29, 1.82) is 0 Å². The van der Waals surface area contributed by atoms with Crippen LogP contribution in [0.5, 0.6) is 0 Å². The number of nitrogens with zero attached hydrogens (tertiary/aromatic N) is 2. The average Bonchev–Trinajstić information content (AvgIpc) is 2.96. The molecule has 0 bridgehead atoms. The first-order chi connectivity index (χ1) is 8.74. The molecule has 2 aromatic heterocycles. The number of fused-ring (bicyclic) bond motifs is 1. The highest BCUT2D eigenvalue weighted by atomic mass is 15.1. The summed E-state index contributed by atoms with van der Waals surface area (Å²) in [5.41, 5.74) is 7.21. The van der Waals surface area contributed by atoms with Crippen molar-refractivity contribution >= 4 is 5.69 Å². The van der Waals surface area contributed by atoms with E-state index in [-0.39, 0.29) is 0 Å². The summed E-state index contributed by atoms with van der Waals surface area (Å²) < 4.78 is 0. The smallest absolute Gasteiger partial charge is 0.0844 e. The van der Waals surface area contributed by atoms with E-state index in [1.807, 2.05) is 13.1 Å². The highest BCUT2D eigenvalue weighted by molar-refractivity contribution is 5.46. The van der Waals surface area contributed by atoms with Gasteiger partial charge in [-0.3, -0.25) is 10.1 Å². The van der Waals surface area contributed by atoms with E-state index in [1.54, 1.807) is 0 Å². The van der Waals surface area contributed by atoms with Crippen LogP contribution < -0.4 is 5.32 Å². The van der Waals surface area contributed by atoms with Crippen LogP contribution in [-0.2, 0) is 19.4 Å². The normalized spacial score (nSPS) is 13.7. The molecule has 1 aliphatic carbocycles. The fourth-order valence-corrected chi connectivity index (χ4v) is 2.42. The predicted molar refractivity (Wildman–Crippen MR) is 71.7 cm³/mol. The summed E-state index contributed by atoms with van der Waals surface area (Å²) in [5, 5.41) is 10.7. The summed E-state index contributed by atoms with van der Waals surface area (Å²) in [6.07, 6.45) is 5.47. The van der Waals surface area contributed by atoms with Gasteiger partial charge in [0.25, 0.3) is 0 Å². The average molecular weight is 242 g/mol. The predicted octanol–water partition coefficient (Wildman–Crippen LogP) is 2.52. The van der Waals surface area contributed by atoms with Crippen LogP contribution in [0.2, 0.25) is 0 Å². The van der Waals surface area contributed by atoms with Gasteiger partial charge in [-0.2, -0.15) is 5.10 Å². The fraction of sp³-hybridized carbons (Fsp3) is 0.429. The van der Waals surface area contributed by atoms with E-state index in [1.165, 1.54) is 29.7 Å². The van der Waals surface area contributed by atoms with Gasteiger partial charge in [-0.15, -0.1) is 0 Å². The maximum absolute atomic E-state index is 4.51. The number of hydrogen-bond acceptors (Lipinski definition) is 3. The molecule has 18 heavy (non-hydrogen) atoms. The van der Waals surface area contributed by atoms with Crippen LogP contribution in [0.3, 0.4) is 0 Å². The molecular weight excluding hydrogens is 224 g/mol. The molecule has 4 heteroatoms. The molecule has 2 N–H and O–H groups in total. The number of pyridine rings is 1. The summed E-state index contributed by atoms with van der Waals surface area (Å²) in [6, 6.07) is 2.23. The molecule has 0 aromatic carbocycles. The van der Waals surface area contributed by atoms with Crippen molar-refractivity contribution in [2.24, 2.45) is 0 Å². The lowest BCUT2D eigenvalue weighted by Gasteiger charge is -2.07. The Hall–Kier alpha value is -1.84. The molecule has 3 rings (SSSR count). The van der Waals surface area contributed by atoms with Gasteiger partial charge in [0.1, 0.15) is 0 Å². The van der Waals surface area contributed by atoms with Gasteiger partial charge in [-0.25, -0.2) is 0 Å². The van der Waals surface area contributed by atoms with Gasteiger partial charge in [0.15, 0.2) is 0 Å². The minimum atomic E-state index is 0.747. The second-order valence-electron chi connectivity index (χ2n) is 4.96. The van der Waals surface area contributed by atoms with Gasteiger partial charge in [0.2, 0.25) is 0 Å². The second-order valence-corrected chi connectivity index (χ2v) is 4.96. The molecule has 4 nitrogen and oxygen atoms in total. The number of rotatable bonds is 3. The zero-order chi connectivity index (χ0) is 12.5. The van der Waals surface area contributed by atoms with E-state index in [4.69, 9.17) is 0 Å². The highest BCUT2D eigenvalue weighted by Gasteiger charge is 2.12. The maximum atomic E-state index is 4.51. The van der Waals surface area contributed by atoms with E-state index in [0.29, 0.717) is 0 Å². The minimum absolute atomic E-state index is 0.747. The van der Waals surface area contributed by atoms with Crippen LogP contribution in [0.15, 0.2) is 12.3 Å². The monoisotopic (exact) mass is 242 g/mol. The largest absolute Gasteiger partial charge is 0.378 e. The molecule has 0 fully saturated rings. The van der Waals surface area contributed by atoms with Crippen molar-refractivity contribution in [3.63, 3.8) is 0 Å². The lowest BCUT2D eigenvalue weighted by atomic mass is 10.2. The summed E-state index contributed by atoms with van der Waals surface area (Å²) in [4.78, 5) is 4.51. The molecule has 2 aromatic rings. The van der Waals surface area contributed by atoms with E-state index >= 15 is 0 Å². The first-order valence-corrected chi connectivity index (χ1v) is 6.46. The summed E-state index contributed by atoms with van der Waals surface area (Å²) >= 11 is 0. The van der Waals surface area contributed by atoms with Gasteiger partial charge in [-0.05, 0) is 50.3 Å². The quantitative estimate of drug-likeness (QED) is 0.869. The van der Waals surface area contributed by atoms with E-state index in [0.717, 1.165) is 30.0 Å². The number of aromatic nitrogens is 3. The Kier molecular flexibility index (Phi) is 2.78. The number of aryl methyl sites for hydroxylation is 3. The molecule has 0 amide bonds. The molecule has 94 valence electrons. The molecule has 0 atom stereocenters. The van der Waals surface area contributed by atoms with Crippen LogP contribution in [0.25, 0.3) is 0 Å². The Labute approximate surface area is 107 Å². The van der Waals surface area contributed by atoms with Gasteiger partial charge < -0.3 is 5.32 Å². The summed E-state index contributed by atoms with van der Waals surface area (Å²) in [6.45, 7) is 4.89. The van der Waals surface area contributed by atoms with Crippen molar-refractivity contribution in [3.05, 3.63) is 40.5 Å². The molecular formula is C14H18N4. The van der Waals surface area contributed by atoms with Crippen LogP contribution in [0.4, 0.5) is 5.69 Å². The first-order valence-electron chi connectivity index (χ1n) is 6.46. The molecule has 0 radical (unpaired) electrons. The van der Waals surface area contributed by atoms with Crippen molar-refractivity contribution in [1.82, 2.24) is 15.2 Å². The zero-order valence-electron chi connectivity index (χ0n) is 10.9. The number of hydrogen-bond donors (Lipinski definition) is 2. The third kappa shape index (κ3) is 1.98. The van der Waals surface area contributed by atoms with Crippen molar-refractivity contribution in [2.45, 2.75) is 39.7 Å². The fourth-order valence-electron chi connectivity index (χ4n) is 2.42. The van der Waals surface area contributed by atoms with E-state index in [2.05, 4.69) is 33.5 Å². The molecule has 0 spiro atoms. The van der Waals surface area contributed by atoms with E-state index in [9.17, 15) is 0 Å². The Morgan fingerprint density at radius 3 is 3.00 bits per heavy atom. The lowest BCUT2D eigenvalue weighted by molar-refractivity contribution is 0.899. The van der Waals surface area contributed by atoms with E-state index < -0.39 is 0 Å². The van der Waals surface area contributed by atoms with Gasteiger partial charge in [-0.1, -0.05) is 0 Å². The summed E-state index contributed by atoms with van der Waals surface area (Å²) in [7, 11) is 0. The van der Waals surface area contributed by atoms with Crippen LogP contribution in [0.1, 0.15) is 34.6 Å². The van der Waals surface area contributed by atoms with Crippen molar-refractivity contribution < 1.29 is 0 Å². The second kappa shape index (κ2) is 4.44. The number of H-pyrrole nitrogens is 1. The molecule has 0 unspecified atom stereocenters. The molecule has 2 heterocycles. The zero-order valence-corrected chi connectivity index (χ0v) is 10.9. The Morgan fingerprint density at radius 2 is 2.22 bits per heavy atom. The third-order valence-electron chi connectivity index (χ3n) is 3.73. The Bertz CT molecular complexity index is 571. The third-order valence-corrected chi connectivity index (χ3v) is 3.73. The standard InChI is InChI=1S/C14H18N4/c1-9-10(2)17-18-14(9)8-15-12-6-11-4-3-5-13(11)16-7-12/h6-7,15H,3-5,8H2,1-2H3,(H,17,18). The minimum Gasteiger partial charge on any atom is -0.378 e. The Balaban J connectivity index is 1.72. The van der Waals surface area contributed by atoms with Crippen molar-refractivity contribution in [3.8, 4) is 0 Å². The molecule has 1 aliphatic rings. The maximum Gasteiger partial charge on any atom is 0.0844 e. The molecule has 0 saturated carbocycles. The highest BCUT2D eigenvalue weighted by Crippen LogP contribution is 2.22. The van der Waals surface area contributed by atoms with Gasteiger partial charge >= 0.3 is 0 Å². The SMILES string of the molecule is Cc1[nH]nc(CNc2cnc3c(c2)CCC3)c1C. The van der Waals surface area contributed by atoms with Crippen LogP contribution in [0, 0.1) is 13.8 Å². The number of anilines is 1. The van der Waals surface area contributed by atoms with Gasteiger partial charge in [0.05, 0.1) is 24.1 Å². The number of nitrogens with one attached hydrogen (secondary N) is 2. The lowest BCUT2D eigenvalue weighted by Crippen LogP contribution is -2.02. The first kappa shape index (κ1) is 11.3. The number of aromatic amines is 1. The molecule has 0 saturated heterocycles. The van der Waals surface area contributed by atoms with Crippen LogP contribution >= 0.6 is 0 Å². The molecule has 0 aliphatic heterocycles. The van der Waals surface area contributed by atoms with Crippen molar-refractivity contribution in [2.75, 3.05) is 5.32 Å². The topological polar surface area (TPSA) is 53.6 Å².